The summed E-state index contributed by atoms with van der Waals surface area (Å²) >= 11 is 1.64. The van der Waals surface area contributed by atoms with Crippen molar-refractivity contribution in [3.8, 4) is 0 Å². The van der Waals surface area contributed by atoms with Crippen molar-refractivity contribution in [1.29, 1.82) is 0 Å². The lowest BCUT2D eigenvalue weighted by Gasteiger charge is -2.31. The van der Waals surface area contributed by atoms with Crippen LogP contribution in [0.2, 0.25) is 0 Å². The first-order chi connectivity index (χ1) is 14.9. The minimum atomic E-state index is -0.0875. The molecule has 0 saturated carbocycles. The van der Waals surface area contributed by atoms with Crippen molar-refractivity contribution in [3.63, 3.8) is 0 Å². The number of aromatic nitrogens is 3. The van der Waals surface area contributed by atoms with Crippen molar-refractivity contribution >= 4 is 28.3 Å². The molecule has 1 aliphatic heterocycles. The number of piperidine rings is 1. The van der Waals surface area contributed by atoms with Gasteiger partial charge in [-0.2, -0.15) is 5.10 Å². The lowest BCUT2D eigenvalue weighted by Crippen LogP contribution is -2.39. The van der Waals surface area contributed by atoms with E-state index in [1.807, 2.05) is 7.05 Å². The van der Waals surface area contributed by atoms with Crippen LogP contribution in [0.5, 0.6) is 0 Å². The first kappa shape index (κ1) is 22.0. The average Bonchev–Trinajstić information content (AvgIpc) is 3.30. The van der Waals surface area contributed by atoms with E-state index in [2.05, 4.69) is 32.5 Å². The predicted octanol–water partition coefficient (Wildman–Crippen LogP) is 2.25. The monoisotopic (exact) mass is 444 g/mol. The lowest BCUT2D eigenvalue weighted by molar-refractivity contribution is -0.117. The summed E-state index contributed by atoms with van der Waals surface area (Å²) in [4.78, 5) is 32.8. The number of aryl methyl sites for hydroxylation is 2. The molecule has 1 fully saturated rings. The largest absolute Gasteiger partial charge is 0.355 e. The van der Waals surface area contributed by atoms with Crippen LogP contribution in [0, 0.1) is 11.8 Å². The fourth-order valence-corrected chi connectivity index (χ4v) is 5.77. The fraction of sp³-hybridized carbons (Fsp3) is 0.636. The molecule has 1 aliphatic carbocycles. The highest BCUT2D eigenvalue weighted by molar-refractivity contribution is 7.15. The molecule has 0 spiro atoms. The maximum Gasteiger partial charge on any atom is 0.254 e. The van der Waals surface area contributed by atoms with Crippen LogP contribution in [0.3, 0.4) is 0 Å². The smallest absolute Gasteiger partial charge is 0.254 e. The molecule has 3 heterocycles. The van der Waals surface area contributed by atoms with E-state index in [1.165, 1.54) is 17.0 Å². The highest BCUT2D eigenvalue weighted by atomic mass is 32.1. The van der Waals surface area contributed by atoms with Crippen molar-refractivity contribution in [2.24, 2.45) is 18.9 Å². The molecule has 0 aromatic carbocycles. The molecule has 2 aliphatic rings. The van der Waals surface area contributed by atoms with E-state index >= 15 is 0 Å². The highest BCUT2D eigenvalue weighted by Crippen LogP contribution is 2.32. The average molecular weight is 445 g/mol. The maximum atomic E-state index is 12.5. The molecule has 1 atom stereocenters. The second-order valence-corrected chi connectivity index (χ2v) is 10.0. The number of anilines is 1. The zero-order chi connectivity index (χ0) is 22.0. The predicted molar refractivity (Wildman–Crippen MR) is 121 cm³/mol. The molecule has 168 valence electrons. The van der Waals surface area contributed by atoms with Crippen molar-refractivity contribution in [2.45, 2.75) is 45.4 Å². The zero-order valence-electron chi connectivity index (χ0n) is 18.6. The number of nitrogens with one attached hydrogen (secondary N) is 2. The number of nitrogens with zero attached hydrogens (tertiary/aromatic N) is 4. The van der Waals surface area contributed by atoms with Gasteiger partial charge in [-0.05, 0) is 63.5 Å². The summed E-state index contributed by atoms with van der Waals surface area (Å²) < 4.78 is 1.70. The Morgan fingerprint density at radius 2 is 2.03 bits per heavy atom. The summed E-state index contributed by atoms with van der Waals surface area (Å²) in [7, 11) is 3.49. The minimum Gasteiger partial charge on any atom is -0.355 e. The normalized spacial score (nSPS) is 19.8. The number of thiazole rings is 1. The number of rotatable bonds is 6. The molecule has 2 aromatic rings. The third kappa shape index (κ3) is 5.33. The number of carbonyl (C=O) groups excluding carboxylic acids is 2. The van der Waals surface area contributed by atoms with E-state index in [4.69, 9.17) is 0 Å². The Hall–Kier alpha value is -2.26. The molecule has 2 amide bonds. The van der Waals surface area contributed by atoms with Gasteiger partial charge in [0.15, 0.2) is 5.13 Å². The number of hydrogen-bond acceptors (Lipinski definition) is 6. The Bertz CT molecular complexity index is 944. The number of amides is 2. The van der Waals surface area contributed by atoms with Crippen LogP contribution in [0.25, 0.3) is 0 Å². The van der Waals surface area contributed by atoms with Gasteiger partial charge in [0.2, 0.25) is 5.91 Å². The van der Waals surface area contributed by atoms with Gasteiger partial charge in [0, 0.05) is 25.2 Å². The van der Waals surface area contributed by atoms with Gasteiger partial charge in [-0.1, -0.05) is 6.92 Å². The number of likely N-dealkylation sites (tertiary alicyclic amines) is 1. The Morgan fingerprint density at radius 1 is 1.26 bits per heavy atom. The number of carbonyl (C=O) groups is 2. The summed E-state index contributed by atoms with van der Waals surface area (Å²) in [5.41, 5.74) is 2.69. The van der Waals surface area contributed by atoms with Gasteiger partial charge in [0.05, 0.1) is 23.5 Å². The standard InChI is InChI=1S/C22H32N6O2S/c1-14-4-5-17-19(10-14)31-22(24-17)25-20(29)13-28-8-6-15(7-9-28)11-18-16(21(30)23-2)12-27(3)26-18/h12,14-15H,4-11,13H2,1-3H3,(H,23,30)(H,24,25,29)/t14-/m1/s1. The van der Waals surface area contributed by atoms with Gasteiger partial charge in [-0.3, -0.25) is 19.2 Å². The lowest BCUT2D eigenvalue weighted by atomic mass is 9.91. The first-order valence-electron chi connectivity index (χ1n) is 11.2. The van der Waals surface area contributed by atoms with Gasteiger partial charge < -0.3 is 10.6 Å². The molecule has 1 saturated heterocycles. The van der Waals surface area contributed by atoms with E-state index in [1.54, 1.807) is 29.3 Å². The minimum absolute atomic E-state index is 0.0178. The van der Waals surface area contributed by atoms with Gasteiger partial charge >= 0.3 is 0 Å². The van der Waals surface area contributed by atoms with Crippen LogP contribution in [0.1, 0.15) is 52.8 Å². The number of fused-ring (bicyclic) bond motifs is 1. The molecular formula is C22H32N6O2S. The molecule has 0 unspecified atom stereocenters. The van der Waals surface area contributed by atoms with Gasteiger partial charge in [0.1, 0.15) is 0 Å². The van der Waals surface area contributed by atoms with E-state index in [-0.39, 0.29) is 11.8 Å². The first-order valence-corrected chi connectivity index (χ1v) is 12.0. The second-order valence-electron chi connectivity index (χ2n) is 8.95. The molecule has 0 radical (unpaired) electrons. The molecule has 2 N–H and O–H groups in total. The third-order valence-corrected chi connectivity index (χ3v) is 7.40. The molecule has 4 rings (SSSR count). The van der Waals surface area contributed by atoms with Crippen LogP contribution in [-0.4, -0.2) is 58.2 Å². The summed E-state index contributed by atoms with van der Waals surface area (Å²) in [5, 5.41) is 10.9. The third-order valence-electron chi connectivity index (χ3n) is 6.37. The van der Waals surface area contributed by atoms with Crippen molar-refractivity contribution in [2.75, 3.05) is 32.0 Å². The fourth-order valence-electron chi connectivity index (χ4n) is 4.59. The number of hydrogen-bond donors (Lipinski definition) is 2. The Labute approximate surface area is 187 Å². The quantitative estimate of drug-likeness (QED) is 0.713. The van der Waals surface area contributed by atoms with Crippen LogP contribution in [-0.2, 0) is 31.1 Å². The van der Waals surface area contributed by atoms with Gasteiger partial charge in [0.25, 0.3) is 5.91 Å². The highest BCUT2D eigenvalue weighted by Gasteiger charge is 2.25. The molecular weight excluding hydrogens is 412 g/mol. The molecule has 0 bridgehead atoms. The van der Waals surface area contributed by atoms with Gasteiger partial charge in [-0.25, -0.2) is 4.98 Å². The van der Waals surface area contributed by atoms with E-state index in [0.29, 0.717) is 23.9 Å². The Morgan fingerprint density at radius 3 is 2.77 bits per heavy atom. The Balaban J connectivity index is 1.25. The summed E-state index contributed by atoms with van der Waals surface area (Å²) in [5.74, 6) is 1.11. The van der Waals surface area contributed by atoms with Crippen molar-refractivity contribution in [3.05, 3.63) is 28.0 Å². The van der Waals surface area contributed by atoms with E-state index in [0.717, 1.165) is 56.0 Å². The van der Waals surface area contributed by atoms with Crippen molar-refractivity contribution in [1.82, 2.24) is 25.0 Å². The molecule has 9 heteroatoms. The SMILES string of the molecule is CNC(=O)c1cn(C)nc1CC1CCN(CC(=O)Nc2nc3c(s2)C[C@H](C)CC3)CC1. The Kier molecular flexibility index (Phi) is 6.71. The van der Waals surface area contributed by atoms with Gasteiger partial charge in [-0.15, -0.1) is 11.3 Å². The zero-order valence-corrected chi connectivity index (χ0v) is 19.4. The summed E-state index contributed by atoms with van der Waals surface area (Å²) in [6, 6.07) is 0. The van der Waals surface area contributed by atoms with Crippen LogP contribution in [0.15, 0.2) is 6.20 Å². The van der Waals surface area contributed by atoms with Crippen LogP contribution < -0.4 is 10.6 Å². The van der Waals surface area contributed by atoms with E-state index < -0.39 is 0 Å². The van der Waals surface area contributed by atoms with Crippen LogP contribution in [0.4, 0.5) is 5.13 Å². The van der Waals surface area contributed by atoms with E-state index in [9.17, 15) is 9.59 Å². The molecule has 8 nitrogen and oxygen atoms in total. The molecule has 2 aromatic heterocycles. The summed E-state index contributed by atoms with van der Waals surface area (Å²) in [6.45, 7) is 4.44. The molecule has 31 heavy (non-hydrogen) atoms. The summed E-state index contributed by atoms with van der Waals surface area (Å²) in [6.07, 6.45) is 7.86. The van der Waals surface area contributed by atoms with Crippen molar-refractivity contribution < 1.29 is 9.59 Å². The maximum absolute atomic E-state index is 12.5. The van der Waals surface area contributed by atoms with Crippen LogP contribution >= 0.6 is 11.3 Å². The topological polar surface area (TPSA) is 92.2 Å². The second kappa shape index (κ2) is 9.48.